The van der Waals surface area contributed by atoms with Crippen molar-refractivity contribution in [1.82, 2.24) is 0 Å². The van der Waals surface area contributed by atoms with Crippen LogP contribution in [0.4, 0.5) is 0 Å². The van der Waals surface area contributed by atoms with Gasteiger partial charge in [-0.05, 0) is 36.0 Å². The third kappa shape index (κ3) is 1.75. The van der Waals surface area contributed by atoms with Crippen molar-refractivity contribution in [2.24, 2.45) is 28.7 Å². The van der Waals surface area contributed by atoms with Gasteiger partial charge in [0.15, 0.2) is 0 Å². The van der Waals surface area contributed by atoms with Gasteiger partial charge in [-0.15, -0.1) is 0 Å². The molecule has 2 aliphatic heterocycles. The van der Waals surface area contributed by atoms with Gasteiger partial charge in [0.2, 0.25) is 0 Å². The second kappa shape index (κ2) is 4.21. The quantitative estimate of drug-likeness (QED) is 0.666. The molecule has 3 unspecified atom stereocenters. The molecule has 16 heavy (non-hydrogen) atoms. The lowest BCUT2D eigenvalue weighted by molar-refractivity contribution is 0.363. The van der Waals surface area contributed by atoms with Gasteiger partial charge in [0, 0.05) is 12.5 Å². The molecule has 1 aliphatic carbocycles. The van der Waals surface area contributed by atoms with Crippen molar-refractivity contribution in [3.63, 3.8) is 0 Å². The molecule has 0 radical (unpaired) electrons. The lowest BCUT2D eigenvalue weighted by Gasteiger charge is -2.21. The minimum Gasteiger partial charge on any atom is -0.282 e. The van der Waals surface area contributed by atoms with Gasteiger partial charge in [-0.3, -0.25) is 4.99 Å². The standard InChI is InChI=1S/C14H21NS/c1-9(2)13-8-16-14-12(13)6-10-4-3-5-11(10)7-15-14/h8-12H,3-7H2,1-2H3. The van der Waals surface area contributed by atoms with E-state index in [0.29, 0.717) is 11.8 Å². The first-order valence-electron chi connectivity index (χ1n) is 6.66. The summed E-state index contributed by atoms with van der Waals surface area (Å²) in [6.45, 7) is 5.77. The Morgan fingerprint density at radius 3 is 2.94 bits per heavy atom. The lowest BCUT2D eigenvalue weighted by atomic mass is 9.82. The van der Waals surface area contributed by atoms with Crippen molar-refractivity contribution in [2.75, 3.05) is 6.54 Å². The summed E-state index contributed by atoms with van der Waals surface area (Å²) >= 11 is 1.90. The van der Waals surface area contributed by atoms with E-state index in [9.17, 15) is 0 Å². The van der Waals surface area contributed by atoms with E-state index in [4.69, 9.17) is 4.99 Å². The molecule has 0 spiro atoms. The van der Waals surface area contributed by atoms with Crippen molar-refractivity contribution in [3.8, 4) is 0 Å². The summed E-state index contributed by atoms with van der Waals surface area (Å²) in [5.74, 6) is 3.26. The summed E-state index contributed by atoms with van der Waals surface area (Å²) in [6, 6.07) is 0. The molecule has 0 aromatic carbocycles. The molecule has 0 bridgehead atoms. The van der Waals surface area contributed by atoms with Crippen LogP contribution in [0.25, 0.3) is 0 Å². The fourth-order valence-corrected chi connectivity index (χ4v) is 4.77. The Morgan fingerprint density at radius 2 is 2.12 bits per heavy atom. The number of thioether (sulfide) groups is 1. The highest BCUT2D eigenvalue weighted by atomic mass is 32.2. The number of hydrogen-bond acceptors (Lipinski definition) is 2. The number of rotatable bonds is 1. The molecule has 88 valence electrons. The molecule has 1 nitrogen and oxygen atoms in total. The Balaban J connectivity index is 1.84. The third-order valence-corrected chi connectivity index (χ3v) is 5.56. The summed E-state index contributed by atoms with van der Waals surface area (Å²) in [7, 11) is 0. The largest absolute Gasteiger partial charge is 0.282 e. The molecule has 0 saturated heterocycles. The first-order chi connectivity index (χ1) is 7.75. The zero-order valence-corrected chi connectivity index (χ0v) is 11.1. The van der Waals surface area contributed by atoms with Crippen molar-refractivity contribution in [1.29, 1.82) is 0 Å². The van der Waals surface area contributed by atoms with Gasteiger partial charge in [-0.2, -0.15) is 0 Å². The zero-order chi connectivity index (χ0) is 11.1. The van der Waals surface area contributed by atoms with Crippen LogP contribution in [0.5, 0.6) is 0 Å². The van der Waals surface area contributed by atoms with Crippen molar-refractivity contribution in [3.05, 3.63) is 11.0 Å². The molecule has 0 amide bonds. The Kier molecular flexibility index (Phi) is 2.87. The molecule has 1 fully saturated rings. The number of aliphatic imine (C=N–C) groups is 1. The molecule has 0 N–H and O–H groups in total. The van der Waals surface area contributed by atoms with E-state index >= 15 is 0 Å². The number of allylic oxidation sites excluding steroid dienone is 1. The monoisotopic (exact) mass is 235 g/mol. The average molecular weight is 235 g/mol. The second-order valence-electron chi connectivity index (χ2n) is 5.81. The van der Waals surface area contributed by atoms with Crippen LogP contribution in [0, 0.1) is 23.7 Å². The van der Waals surface area contributed by atoms with Gasteiger partial charge >= 0.3 is 0 Å². The second-order valence-corrected chi connectivity index (χ2v) is 6.70. The van der Waals surface area contributed by atoms with Gasteiger partial charge in [-0.1, -0.05) is 44.0 Å². The molecule has 1 saturated carbocycles. The van der Waals surface area contributed by atoms with Crippen LogP contribution in [0.3, 0.4) is 0 Å². The highest BCUT2D eigenvalue weighted by Crippen LogP contribution is 2.46. The number of fused-ring (bicyclic) bond motifs is 2. The Morgan fingerprint density at radius 1 is 1.31 bits per heavy atom. The van der Waals surface area contributed by atoms with Crippen LogP contribution in [0.15, 0.2) is 16.0 Å². The van der Waals surface area contributed by atoms with Crippen LogP contribution >= 0.6 is 11.8 Å². The van der Waals surface area contributed by atoms with Crippen LogP contribution in [0.1, 0.15) is 39.5 Å². The summed E-state index contributed by atoms with van der Waals surface area (Å²) in [6.07, 6.45) is 5.72. The van der Waals surface area contributed by atoms with Crippen molar-refractivity contribution >= 4 is 16.8 Å². The minimum absolute atomic E-state index is 0.693. The SMILES string of the molecule is CC(C)C1=CSC2=NCC3CCCC3CC12. The van der Waals surface area contributed by atoms with Gasteiger partial charge in [0.05, 0.1) is 5.04 Å². The van der Waals surface area contributed by atoms with Crippen LogP contribution in [0.2, 0.25) is 0 Å². The summed E-state index contributed by atoms with van der Waals surface area (Å²) in [5.41, 5.74) is 1.65. The average Bonchev–Trinajstić information content (AvgIpc) is 2.81. The van der Waals surface area contributed by atoms with E-state index < -0.39 is 0 Å². The minimum atomic E-state index is 0.693. The summed E-state index contributed by atoms with van der Waals surface area (Å²) in [4.78, 5) is 4.89. The highest BCUT2D eigenvalue weighted by Gasteiger charge is 2.37. The molecule has 3 aliphatic rings. The fourth-order valence-electron chi connectivity index (χ4n) is 3.53. The Hall–Kier alpha value is -0.240. The zero-order valence-electron chi connectivity index (χ0n) is 10.3. The van der Waals surface area contributed by atoms with Gasteiger partial charge in [0.25, 0.3) is 0 Å². The number of nitrogens with zero attached hydrogens (tertiary/aromatic N) is 1. The van der Waals surface area contributed by atoms with Crippen LogP contribution in [-0.4, -0.2) is 11.6 Å². The summed E-state index contributed by atoms with van der Waals surface area (Å²) < 4.78 is 0. The maximum absolute atomic E-state index is 4.89. The van der Waals surface area contributed by atoms with E-state index in [0.717, 1.165) is 18.4 Å². The van der Waals surface area contributed by atoms with Crippen molar-refractivity contribution in [2.45, 2.75) is 39.5 Å². The first-order valence-corrected chi connectivity index (χ1v) is 7.54. The molecule has 3 atom stereocenters. The van der Waals surface area contributed by atoms with E-state index in [1.807, 2.05) is 11.8 Å². The van der Waals surface area contributed by atoms with E-state index in [2.05, 4.69) is 19.3 Å². The topological polar surface area (TPSA) is 12.4 Å². The molecular formula is C14H21NS. The molecule has 2 heteroatoms. The Labute approximate surface area is 103 Å². The van der Waals surface area contributed by atoms with Gasteiger partial charge in [-0.25, -0.2) is 0 Å². The molecule has 0 aromatic heterocycles. The van der Waals surface area contributed by atoms with E-state index in [-0.39, 0.29) is 0 Å². The van der Waals surface area contributed by atoms with E-state index in [1.165, 1.54) is 30.7 Å². The Bertz CT molecular complexity index is 343. The van der Waals surface area contributed by atoms with E-state index in [1.54, 1.807) is 5.57 Å². The van der Waals surface area contributed by atoms with Gasteiger partial charge < -0.3 is 0 Å². The third-order valence-electron chi connectivity index (χ3n) is 4.52. The maximum Gasteiger partial charge on any atom is 0.0789 e. The van der Waals surface area contributed by atoms with Crippen molar-refractivity contribution < 1.29 is 0 Å². The predicted octanol–water partition coefficient (Wildman–Crippen LogP) is 4.11. The molecule has 0 aromatic rings. The summed E-state index contributed by atoms with van der Waals surface area (Å²) in [5, 5.41) is 3.81. The molecule has 3 rings (SSSR count). The van der Waals surface area contributed by atoms with Crippen LogP contribution in [-0.2, 0) is 0 Å². The highest BCUT2D eigenvalue weighted by molar-refractivity contribution is 8.16. The maximum atomic E-state index is 4.89. The molecule has 2 heterocycles. The fraction of sp³-hybridized carbons (Fsp3) is 0.786. The first kappa shape index (κ1) is 10.9. The molecular weight excluding hydrogens is 214 g/mol. The lowest BCUT2D eigenvalue weighted by Crippen LogP contribution is -2.16. The number of hydrogen-bond donors (Lipinski definition) is 0. The van der Waals surface area contributed by atoms with Crippen LogP contribution < -0.4 is 0 Å². The normalized spacial score (nSPS) is 37.8. The van der Waals surface area contributed by atoms with Gasteiger partial charge in [0.1, 0.15) is 0 Å². The predicted molar refractivity (Wildman–Crippen MR) is 71.8 cm³/mol. The smallest absolute Gasteiger partial charge is 0.0789 e.